The van der Waals surface area contributed by atoms with Crippen LogP contribution in [0.5, 0.6) is 5.75 Å². The second-order valence-corrected chi connectivity index (χ2v) is 7.45. The third-order valence-corrected chi connectivity index (χ3v) is 5.60. The molecule has 2 aliphatic rings. The van der Waals surface area contributed by atoms with Gasteiger partial charge in [-0.25, -0.2) is 0 Å². The van der Waals surface area contributed by atoms with E-state index in [2.05, 4.69) is 18.7 Å². The molecule has 24 heavy (non-hydrogen) atoms. The highest BCUT2D eigenvalue weighted by atomic mass is 16.5. The summed E-state index contributed by atoms with van der Waals surface area (Å²) >= 11 is 0. The van der Waals surface area contributed by atoms with Crippen molar-refractivity contribution < 1.29 is 14.6 Å². The molecule has 0 aliphatic carbocycles. The number of nitrogens with zero attached hydrogens (tertiary/aromatic N) is 2. The molecule has 0 bridgehead atoms. The largest absolute Gasteiger partial charge is 0.484 e. The third kappa shape index (κ3) is 3.42. The zero-order valence-electron chi connectivity index (χ0n) is 14.6. The van der Waals surface area contributed by atoms with Gasteiger partial charge in [0.2, 0.25) is 0 Å². The molecule has 5 heteroatoms. The Morgan fingerprint density at radius 1 is 1.33 bits per heavy atom. The topological polar surface area (TPSA) is 53.0 Å². The summed E-state index contributed by atoms with van der Waals surface area (Å²) in [6, 6.07) is 9.89. The van der Waals surface area contributed by atoms with Crippen molar-refractivity contribution in [2.24, 2.45) is 11.3 Å². The zero-order chi connectivity index (χ0) is 17.2. The van der Waals surface area contributed by atoms with Crippen LogP contribution in [0.25, 0.3) is 0 Å². The van der Waals surface area contributed by atoms with Crippen molar-refractivity contribution in [1.29, 1.82) is 0 Å². The molecule has 1 N–H and O–H groups in total. The standard InChI is InChI=1S/C19H28N2O3/c1-15(2)20-9-8-16-10-21(13-19(16,12-20)14-22)18(23)11-24-17-6-4-3-5-7-17/h3-7,15-16,22H,8-14H2,1-2H3/t16-,19+/m1/s1. The Balaban J connectivity index is 1.61. The van der Waals surface area contributed by atoms with Gasteiger partial charge in [-0.05, 0) is 44.9 Å². The van der Waals surface area contributed by atoms with Gasteiger partial charge in [-0.1, -0.05) is 18.2 Å². The molecule has 0 unspecified atom stereocenters. The Hall–Kier alpha value is -1.59. The molecule has 2 fully saturated rings. The minimum Gasteiger partial charge on any atom is -0.484 e. The molecule has 0 spiro atoms. The van der Waals surface area contributed by atoms with Crippen LogP contribution in [0.1, 0.15) is 20.3 Å². The Labute approximate surface area is 144 Å². The lowest BCUT2D eigenvalue weighted by molar-refractivity contribution is -0.132. The maximum Gasteiger partial charge on any atom is 0.260 e. The van der Waals surface area contributed by atoms with Crippen molar-refractivity contribution >= 4 is 5.91 Å². The van der Waals surface area contributed by atoms with E-state index >= 15 is 0 Å². The molecule has 2 heterocycles. The summed E-state index contributed by atoms with van der Waals surface area (Å²) in [4.78, 5) is 16.8. The fraction of sp³-hybridized carbons (Fsp3) is 0.632. The summed E-state index contributed by atoms with van der Waals surface area (Å²) in [6.45, 7) is 7.88. The lowest BCUT2D eigenvalue weighted by Crippen LogP contribution is -2.52. The first-order valence-electron chi connectivity index (χ1n) is 8.84. The van der Waals surface area contributed by atoms with Gasteiger partial charge in [-0.15, -0.1) is 0 Å². The number of fused-ring (bicyclic) bond motifs is 1. The molecule has 0 aromatic heterocycles. The van der Waals surface area contributed by atoms with Crippen molar-refractivity contribution in [3.63, 3.8) is 0 Å². The van der Waals surface area contributed by atoms with Crippen molar-refractivity contribution in [3.8, 4) is 5.75 Å². The average molecular weight is 332 g/mol. The van der Waals surface area contributed by atoms with Gasteiger partial charge in [0.1, 0.15) is 5.75 Å². The number of carbonyl (C=O) groups is 1. The number of amides is 1. The summed E-state index contributed by atoms with van der Waals surface area (Å²) in [6.07, 6.45) is 1.04. The van der Waals surface area contributed by atoms with Gasteiger partial charge in [0.15, 0.2) is 6.61 Å². The molecule has 132 valence electrons. The van der Waals surface area contributed by atoms with Gasteiger partial charge in [-0.2, -0.15) is 0 Å². The first-order chi connectivity index (χ1) is 11.5. The van der Waals surface area contributed by atoms with E-state index in [4.69, 9.17) is 4.74 Å². The number of hydrogen-bond acceptors (Lipinski definition) is 4. The normalized spacial score (nSPS) is 27.3. The Kier molecular flexibility index (Phi) is 5.11. The number of carbonyl (C=O) groups excluding carboxylic acids is 1. The minimum atomic E-state index is -0.176. The van der Waals surface area contributed by atoms with E-state index in [1.54, 1.807) is 0 Å². The first-order valence-corrected chi connectivity index (χ1v) is 8.84. The number of para-hydroxylation sites is 1. The van der Waals surface area contributed by atoms with Crippen LogP contribution in [0.2, 0.25) is 0 Å². The van der Waals surface area contributed by atoms with E-state index in [1.165, 1.54) is 0 Å². The predicted molar refractivity (Wildman–Crippen MR) is 92.9 cm³/mol. The number of benzene rings is 1. The fourth-order valence-corrected chi connectivity index (χ4v) is 4.03. The van der Waals surface area contributed by atoms with Gasteiger partial charge >= 0.3 is 0 Å². The van der Waals surface area contributed by atoms with Gasteiger partial charge < -0.3 is 19.6 Å². The highest BCUT2D eigenvalue weighted by molar-refractivity contribution is 5.78. The minimum absolute atomic E-state index is 0.0113. The van der Waals surface area contributed by atoms with E-state index in [0.29, 0.717) is 24.3 Å². The van der Waals surface area contributed by atoms with Gasteiger partial charge in [0.05, 0.1) is 6.61 Å². The van der Waals surface area contributed by atoms with Crippen LogP contribution < -0.4 is 4.74 Å². The second kappa shape index (κ2) is 7.11. The molecule has 0 radical (unpaired) electrons. The molecule has 2 aliphatic heterocycles. The van der Waals surface area contributed by atoms with Crippen molar-refractivity contribution in [2.75, 3.05) is 39.4 Å². The number of likely N-dealkylation sites (tertiary alicyclic amines) is 2. The van der Waals surface area contributed by atoms with Gasteiger partial charge in [-0.3, -0.25) is 4.79 Å². The quantitative estimate of drug-likeness (QED) is 0.890. The summed E-state index contributed by atoms with van der Waals surface area (Å²) in [7, 11) is 0. The number of rotatable bonds is 5. The van der Waals surface area contributed by atoms with Crippen LogP contribution in [0.15, 0.2) is 30.3 Å². The smallest absolute Gasteiger partial charge is 0.260 e. The molecule has 5 nitrogen and oxygen atoms in total. The van der Waals surface area contributed by atoms with Crippen molar-refractivity contribution in [2.45, 2.75) is 26.3 Å². The maximum absolute atomic E-state index is 12.5. The van der Waals surface area contributed by atoms with E-state index in [-0.39, 0.29) is 24.5 Å². The molecule has 1 aromatic rings. The molecule has 0 saturated carbocycles. The third-order valence-electron chi connectivity index (χ3n) is 5.60. The molecule has 1 amide bonds. The lowest BCUT2D eigenvalue weighted by Gasteiger charge is -2.44. The van der Waals surface area contributed by atoms with Crippen LogP contribution >= 0.6 is 0 Å². The Morgan fingerprint density at radius 2 is 2.08 bits per heavy atom. The molecule has 3 rings (SSSR count). The highest BCUT2D eigenvalue weighted by Crippen LogP contribution is 2.42. The summed E-state index contributed by atoms with van der Waals surface area (Å²) in [5, 5.41) is 10.1. The number of aliphatic hydroxyl groups excluding tert-OH is 1. The number of ether oxygens (including phenoxy) is 1. The monoisotopic (exact) mass is 332 g/mol. The van der Waals surface area contributed by atoms with E-state index in [1.807, 2.05) is 35.2 Å². The summed E-state index contributed by atoms with van der Waals surface area (Å²) in [5.74, 6) is 1.11. The van der Waals surface area contributed by atoms with Gasteiger partial charge in [0, 0.05) is 31.1 Å². The first kappa shape index (κ1) is 17.2. The lowest BCUT2D eigenvalue weighted by atomic mass is 9.73. The highest BCUT2D eigenvalue weighted by Gasteiger charge is 2.50. The van der Waals surface area contributed by atoms with E-state index < -0.39 is 0 Å². The van der Waals surface area contributed by atoms with E-state index in [9.17, 15) is 9.90 Å². The number of piperidine rings is 1. The zero-order valence-corrected chi connectivity index (χ0v) is 14.6. The molecular formula is C19H28N2O3. The maximum atomic E-state index is 12.5. The summed E-state index contributed by atoms with van der Waals surface area (Å²) in [5.41, 5.74) is -0.176. The van der Waals surface area contributed by atoms with Gasteiger partial charge in [0.25, 0.3) is 5.91 Å². The molecule has 2 saturated heterocycles. The van der Waals surface area contributed by atoms with E-state index in [0.717, 1.165) is 26.1 Å². The number of aliphatic hydroxyl groups is 1. The Morgan fingerprint density at radius 3 is 2.75 bits per heavy atom. The van der Waals surface area contributed by atoms with Crippen LogP contribution in [-0.4, -0.2) is 66.2 Å². The molecule has 2 atom stereocenters. The predicted octanol–water partition coefficient (Wildman–Crippen LogP) is 1.62. The molecule has 1 aromatic carbocycles. The number of hydrogen-bond donors (Lipinski definition) is 1. The van der Waals surface area contributed by atoms with Crippen molar-refractivity contribution in [1.82, 2.24) is 9.80 Å². The molecular weight excluding hydrogens is 304 g/mol. The second-order valence-electron chi connectivity index (χ2n) is 7.45. The van der Waals surface area contributed by atoms with Crippen LogP contribution in [0.3, 0.4) is 0 Å². The van der Waals surface area contributed by atoms with Crippen LogP contribution in [-0.2, 0) is 4.79 Å². The SMILES string of the molecule is CC(C)N1CC[C@@H]2CN(C(=O)COc3ccccc3)C[C@]2(CO)C1. The van der Waals surface area contributed by atoms with Crippen LogP contribution in [0.4, 0.5) is 0 Å². The van der Waals surface area contributed by atoms with Crippen LogP contribution in [0, 0.1) is 11.3 Å². The Bertz CT molecular complexity index is 563. The summed E-state index contributed by atoms with van der Waals surface area (Å²) < 4.78 is 5.60. The average Bonchev–Trinajstić information content (AvgIpc) is 3.00. The van der Waals surface area contributed by atoms with Crippen molar-refractivity contribution in [3.05, 3.63) is 30.3 Å². The fourth-order valence-electron chi connectivity index (χ4n) is 4.03.